The first kappa shape index (κ1) is 14.1. The standard InChI is InChI=1S/C18H21NO2/c1-13-4-2-6-15(12-13)21-11-9-17(20)16-8-7-14-5-3-10-19-18(14)16/h2-6,10,12,16-17,20H,7-9,11H2,1H3. The van der Waals surface area contributed by atoms with Crippen LogP contribution in [-0.4, -0.2) is 22.8 Å². The predicted molar refractivity (Wildman–Crippen MR) is 82.6 cm³/mol. The van der Waals surface area contributed by atoms with E-state index in [4.69, 9.17) is 4.74 Å². The lowest BCUT2D eigenvalue weighted by atomic mass is 9.97. The van der Waals surface area contributed by atoms with E-state index in [0.717, 1.165) is 24.3 Å². The quantitative estimate of drug-likeness (QED) is 0.916. The average molecular weight is 283 g/mol. The molecular weight excluding hydrogens is 262 g/mol. The van der Waals surface area contributed by atoms with Gasteiger partial charge in [-0.05, 0) is 49.1 Å². The molecule has 0 amide bonds. The maximum Gasteiger partial charge on any atom is 0.119 e. The molecule has 1 aromatic carbocycles. The number of aliphatic hydroxyl groups excluding tert-OH is 1. The summed E-state index contributed by atoms with van der Waals surface area (Å²) in [7, 11) is 0. The van der Waals surface area contributed by atoms with Crippen molar-refractivity contribution in [2.45, 2.75) is 38.2 Å². The van der Waals surface area contributed by atoms with Crippen molar-refractivity contribution in [1.82, 2.24) is 4.98 Å². The molecule has 110 valence electrons. The summed E-state index contributed by atoms with van der Waals surface area (Å²) in [4.78, 5) is 4.44. The number of aromatic nitrogens is 1. The van der Waals surface area contributed by atoms with Crippen LogP contribution >= 0.6 is 0 Å². The zero-order valence-corrected chi connectivity index (χ0v) is 12.3. The number of nitrogens with zero attached hydrogens (tertiary/aromatic N) is 1. The van der Waals surface area contributed by atoms with E-state index in [1.807, 2.05) is 43.5 Å². The summed E-state index contributed by atoms with van der Waals surface area (Å²) >= 11 is 0. The molecule has 1 N–H and O–H groups in total. The Labute approximate surface area is 125 Å². The van der Waals surface area contributed by atoms with Gasteiger partial charge in [0, 0.05) is 24.2 Å². The minimum Gasteiger partial charge on any atom is -0.493 e. The molecule has 1 aliphatic rings. The number of hydrogen-bond donors (Lipinski definition) is 1. The van der Waals surface area contributed by atoms with E-state index in [2.05, 4.69) is 11.1 Å². The lowest BCUT2D eigenvalue weighted by Gasteiger charge is -2.18. The van der Waals surface area contributed by atoms with Crippen LogP contribution in [0.25, 0.3) is 0 Å². The molecular formula is C18H21NO2. The van der Waals surface area contributed by atoms with Gasteiger partial charge in [-0.15, -0.1) is 0 Å². The largest absolute Gasteiger partial charge is 0.493 e. The second kappa shape index (κ2) is 6.27. The first-order valence-electron chi connectivity index (χ1n) is 7.55. The number of aliphatic hydroxyl groups is 1. The molecule has 21 heavy (non-hydrogen) atoms. The van der Waals surface area contributed by atoms with Crippen LogP contribution in [0, 0.1) is 6.92 Å². The number of ether oxygens (including phenoxy) is 1. The Morgan fingerprint density at radius 1 is 1.33 bits per heavy atom. The Bertz CT molecular complexity index is 612. The number of hydrogen-bond acceptors (Lipinski definition) is 3. The summed E-state index contributed by atoms with van der Waals surface area (Å²) in [5.74, 6) is 1.02. The van der Waals surface area contributed by atoms with Gasteiger partial charge < -0.3 is 9.84 Å². The van der Waals surface area contributed by atoms with E-state index in [0.29, 0.717) is 13.0 Å². The van der Waals surface area contributed by atoms with Crippen molar-refractivity contribution in [2.75, 3.05) is 6.61 Å². The smallest absolute Gasteiger partial charge is 0.119 e. The van der Waals surface area contributed by atoms with Crippen LogP contribution in [0.15, 0.2) is 42.6 Å². The van der Waals surface area contributed by atoms with Gasteiger partial charge in [-0.1, -0.05) is 18.2 Å². The lowest BCUT2D eigenvalue weighted by molar-refractivity contribution is 0.111. The Kier molecular flexibility index (Phi) is 4.20. The SMILES string of the molecule is Cc1cccc(OCCC(O)C2CCc3cccnc32)c1. The molecule has 1 aromatic heterocycles. The maximum atomic E-state index is 10.4. The third-order valence-electron chi connectivity index (χ3n) is 4.14. The highest BCUT2D eigenvalue weighted by Gasteiger charge is 2.29. The van der Waals surface area contributed by atoms with Gasteiger partial charge in [0.25, 0.3) is 0 Å². The molecule has 0 fully saturated rings. The second-order valence-electron chi connectivity index (χ2n) is 5.71. The molecule has 3 rings (SSSR count). The normalized spacial score (nSPS) is 18.3. The van der Waals surface area contributed by atoms with E-state index < -0.39 is 0 Å². The van der Waals surface area contributed by atoms with Gasteiger partial charge in [-0.2, -0.15) is 0 Å². The molecule has 0 bridgehead atoms. The fourth-order valence-corrected chi connectivity index (χ4v) is 3.02. The van der Waals surface area contributed by atoms with Crippen molar-refractivity contribution in [2.24, 2.45) is 0 Å². The van der Waals surface area contributed by atoms with Gasteiger partial charge in [-0.3, -0.25) is 4.98 Å². The van der Waals surface area contributed by atoms with E-state index in [9.17, 15) is 5.11 Å². The predicted octanol–water partition coefficient (Wildman–Crippen LogP) is 3.25. The van der Waals surface area contributed by atoms with E-state index in [-0.39, 0.29) is 12.0 Å². The molecule has 3 nitrogen and oxygen atoms in total. The lowest BCUT2D eigenvalue weighted by Crippen LogP contribution is -2.20. The minimum absolute atomic E-state index is 0.155. The van der Waals surface area contributed by atoms with Crippen molar-refractivity contribution in [1.29, 1.82) is 0 Å². The Morgan fingerprint density at radius 3 is 3.10 bits per heavy atom. The van der Waals surface area contributed by atoms with Crippen molar-refractivity contribution < 1.29 is 9.84 Å². The highest BCUT2D eigenvalue weighted by atomic mass is 16.5. The van der Waals surface area contributed by atoms with Crippen LogP contribution in [0.1, 0.15) is 35.6 Å². The molecule has 2 atom stereocenters. The molecule has 1 aliphatic carbocycles. The van der Waals surface area contributed by atoms with Crippen LogP contribution < -0.4 is 4.74 Å². The van der Waals surface area contributed by atoms with E-state index in [1.54, 1.807) is 0 Å². The molecule has 0 saturated carbocycles. The van der Waals surface area contributed by atoms with Crippen LogP contribution in [0.2, 0.25) is 0 Å². The van der Waals surface area contributed by atoms with Crippen molar-refractivity contribution in [3.05, 3.63) is 59.4 Å². The number of aryl methyl sites for hydroxylation is 2. The van der Waals surface area contributed by atoms with Crippen LogP contribution in [0.5, 0.6) is 5.75 Å². The first-order chi connectivity index (χ1) is 10.2. The number of pyridine rings is 1. The third-order valence-corrected chi connectivity index (χ3v) is 4.14. The Balaban J connectivity index is 1.54. The summed E-state index contributed by atoms with van der Waals surface area (Å²) in [5, 5.41) is 10.4. The molecule has 2 aromatic rings. The molecule has 2 unspecified atom stereocenters. The third kappa shape index (κ3) is 3.24. The van der Waals surface area contributed by atoms with Gasteiger partial charge >= 0.3 is 0 Å². The monoisotopic (exact) mass is 283 g/mol. The van der Waals surface area contributed by atoms with Gasteiger partial charge in [0.15, 0.2) is 0 Å². The molecule has 1 heterocycles. The summed E-state index contributed by atoms with van der Waals surface area (Å²) in [6.45, 7) is 2.58. The number of rotatable bonds is 5. The second-order valence-corrected chi connectivity index (χ2v) is 5.71. The van der Waals surface area contributed by atoms with E-state index in [1.165, 1.54) is 11.1 Å². The summed E-state index contributed by atoms with van der Waals surface area (Å²) in [6, 6.07) is 12.1. The highest BCUT2D eigenvalue weighted by Crippen LogP contribution is 2.34. The van der Waals surface area contributed by atoms with Crippen LogP contribution in [-0.2, 0) is 6.42 Å². The van der Waals surface area contributed by atoms with Gasteiger partial charge in [0.2, 0.25) is 0 Å². The van der Waals surface area contributed by atoms with Crippen LogP contribution in [0.3, 0.4) is 0 Å². The average Bonchev–Trinajstić information content (AvgIpc) is 2.91. The van der Waals surface area contributed by atoms with Crippen molar-refractivity contribution in [3.63, 3.8) is 0 Å². The minimum atomic E-state index is -0.383. The zero-order valence-electron chi connectivity index (χ0n) is 12.3. The number of benzene rings is 1. The first-order valence-corrected chi connectivity index (χ1v) is 7.55. The van der Waals surface area contributed by atoms with Crippen molar-refractivity contribution >= 4 is 0 Å². The molecule has 0 saturated heterocycles. The van der Waals surface area contributed by atoms with Gasteiger partial charge in [-0.25, -0.2) is 0 Å². The Hall–Kier alpha value is -1.87. The summed E-state index contributed by atoms with van der Waals surface area (Å²) in [5.41, 5.74) is 3.53. The van der Waals surface area contributed by atoms with Crippen molar-refractivity contribution in [3.8, 4) is 5.75 Å². The summed E-state index contributed by atoms with van der Waals surface area (Å²) in [6.07, 6.45) is 4.06. The van der Waals surface area contributed by atoms with E-state index >= 15 is 0 Å². The molecule has 0 spiro atoms. The molecule has 0 aliphatic heterocycles. The van der Waals surface area contributed by atoms with Crippen LogP contribution in [0.4, 0.5) is 0 Å². The van der Waals surface area contributed by atoms with Gasteiger partial charge in [0.1, 0.15) is 5.75 Å². The summed E-state index contributed by atoms with van der Waals surface area (Å²) < 4.78 is 5.72. The fraction of sp³-hybridized carbons (Fsp3) is 0.389. The molecule has 3 heteroatoms. The number of fused-ring (bicyclic) bond motifs is 1. The highest BCUT2D eigenvalue weighted by molar-refractivity contribution is 5.29. The topological polar surface area (TPSA) is 42.4 Å². The Morgan fingerprint density at radius 2 is 2.24 bits per heavy atom. The van der Waals surface area contributed by atoms with Gasteiger partial charge in [0.05, 0.1) is 12.7 Å². The maximum absolute atomic E-state index is 10.4. The zero-order chi connectivity index (χ0) is 14.7. The fourth-order valence-electron chi connectivity index (χ4n) is 3.02. The molecule has 0 radical (unpaired) electrons.